The zero-order valence-electron chi connectivity index (χ0n) is 9.16. The second-order valence-corrected chi connectivity index (χ2v) is 3.99. The maximum Gasteiger partial charge on any atom is 0.115 e. The van der Waals surface area contributed by atoms with Gasteiger partial charge in [-0.05, 0) is 30.0 Å². The van der Waals surface area contributed by atoms with Gasteiger partial charge in [0.1, 0.15) is 5.75 Å². The molecule has 0 aliphatic heterocycles. The molecule has 1 aromatic rings. The van der Waals surface area contributed by atoms with E-state index < -0.39 is 0 Å². The van der Waals surface area contributed by atoms with E-state index in [0.29, 0.717) is 11.7 Å². The van der Waals surface area contributed by atoms with E-state index in [9.17, 15) is 0 Å². The van der Waals surface area contributed by atoms with Gasteiger partial charge in [-0.2, -0.15) is 0 Å². The number of hydrogen-bond donors (Lipinski definition) is 1. The molecule has 1 unspecified atom stereocenters. The first-order valence-electron chi connectivity index (χ1n) is 5.53. The second-order valence-electron chi connectivity index (χ2n) is 3.99. The van der Waals surface area contributed by atoms with Crippen LogP contribution in [0.4, 0.5) is 0 Å². The minimum absolute atomic E-state index is 0.356. The Morgan fingerprint density at radius 1 is 1.14 bits per heavy atom. The van der Waals surface area contributed by atoms with Crippen LogP contribution in [0.2, 0.25) is 0 Å². The summed E-state index contributed by atoms with van der Waals surface area (Å²) in [6.07, 6.45) is 5.15. The molecule has 0 radical (unpaired) electrons. The van der Waals surface area contributed by atoms with Gasteiger partial charge < -0.3 is 5.11 Å². The maximum absolute atomic E-state index is 9.15. The Morgan fingerprint density at radius 2 is 1.79 bits per heavy atom. The van der Waals surface area contributed by atoms with Crippen molar-refractivity contribution in [3.05, 3.63) is 29.8 Å². The Labute approximate surface area is 86.8 Å². The van der Waals surface area contributed by atoms with Crippen molar-refractivity contribution in [2.75, 3.05) is 0 Å². The van der Waals surface area contributed by atoms with Gasteiger partial charge >= 0.3 is 0 Å². The fourth-order valence-electron chi connectivity index (χ4n) is 1.67. The number of unbranched alkanes of at least 4 members (excludes halogenated alkanes) is 2. The number of phenolic OH excluding ortho intramolecular Hbond substituents is 1. The quantitative estimate of drug-likeness (QED) is 0.697. The van der Waals surface area contributed by atoms with Crippen LogP contribution in [0.25, 0.3) is 0 Å². The zero-order valence-corrected chi connectivity index (χ0v) is 9.16. The summed E-state index contributed by atoms with van der Waals surface area (Å²) >= 11 is 0. The number of hydrogen-bond acceptors (Lipinski definition) is 1. The molecule has 0 saturated heterocycles. The molecule has 0 saturated carbocycles. The molecule has 1 nitrogen and oxygen atoms in total. The van der Waals surface area contributed by atoms with Gasteiger partial charge in [-0.15, -0.1) is 0 Å². The third-order valence-corrected chi connectivity index (χ3v) is 2.70. The van der Waals surface area contributed by atoms with Crippen LogP contribution >= 0.6 is 0 Å². The predicted molar refractivity (Wildman–Crippen MR) is 60.7 cm³/mol. The van der Waals surface area contributed by atoms with Crippen molar-refractivity contribution >= 4 is 0 Å². The summed E-state index contributed by atoms with van der Waals surface area (Å²) in [6, 6.07) is 7.58. The normalized spacial score (nSPS) is 12.7. The summed E-state index contributed by atoms with van der Waals surface area (Å²) in [5.41, 5.74) is 1.33. The first-order valence-corrected chi connectivity index (χ1v) is 5.53. The summed E-state index contributed by atoms with van der Waals surface area (Å²) in [7, 11) is 0. The predicted octanol–water partition coefficient (Wildman–Crippen LogP) is 4.08. The first kappa shape index (κ1) is 11.1. The number of rotatable bonds is 5. The molecule has 1 N–H and O–H groups in total. The van der Waals surface area contributed by atoms with Crippen molar-refractivity contribution in [1.82, 2.24) is 0 Å². The molecule has 0 aromatic heterocycles. The van der Waals surface area contributed by atoms with Crippen LogP contribution in [0, 0.1) is 0 Å². The van der Waals surface area contributed by atoms with Crippen LogP contribution in [-0.4, -0.2) is 5.11 Å². The average molecular weight is 192 g/mol. The Hall–Kier alpha value is -0.980. The first-order chi connectivity index (χ1) is 6.74. The molecular weight excluding hydrogens is 172 g/mol. The topological polar surface area (TPSA) is 20.2 Å². The standard InChI is InChI=1S/C13H20O/c1-3-4-5-6-11(2)12-7-9-13(14)10-8-12/h7-11,14H,3-6H2,1-2H3. The van der Waals surface area contributed by atoms with E-state index in [1.807, 2.05) is 12.1 Å². The van der Waals surface area contributed by atoms with Crippen LogP contribution in [0.15, 0.2) is 24.3 Å². The second kappa shape index (κ2) is 5.69. The Morgan fingerprint density at radius 3 is 2.36 bits per heavy atom. The van der Waals surface area contributed by atoms with Crippen LogP contribution in [0.3, 0.4) is 0 Å². The molecule has 14 heavy (non-hydrogen) atoms. The smallest absolute Gasteiger partial charge is 0.115 e. The number of phenols is 1. The van der Waals surface area contributed by atoms with E-state index in [2.05, 4.69) is 13.8 Å². The zero-order chi connectivity index (χ0) is 10.4. The highest BCUT2D eigenvalue weighted by Gasteiger charge is 2.04. The molecule has 0 fully saturated rings. The van der Waals surface area contributed by atoms with Crippen molar-refractivity contribution in [3.8, 4) is 5.75 Å². The van der Waals surface area contributed by atoms with Crippen molar-refractivity contribution in [2.45, 2.75) is 45.4 Å². The monoisotopic (exact) mass is 192 g/mol. The van der Waals surface area contributed by atoms with Gasteiger partial charge in [0.25, 0.3) is 0 Å². The van der Waals surface area contributed by atoms with E-state index in [1.54, 1.807) is 12.1 Å². The molecule has 0 aliphatic carbocycles. The lowest BCUT2D eigenvalue weighted by atomic mass is 9.95. The Balaban J connectivity index is 2.43. The summed E-state index contributed by atoms with van der Waals surface area (Å²) < 4.78 is 0. The average Bonchev–Trinajstić information content (AvgIpc) is 2.19. The molecule has 1 atom stereocenters. The fourth-order valence-corrected chi connectivity index (χ4v) is 1.67. The van der Waals surface area contributed by atoms with E-state index in [0.717, 1.165) is 0 Å². The maximum atomic E-state index is 9.15. The Kier molecular flexibility index (Phi) is 4.51. The molecule has 1 heteroatoms. The number of benzene rings is 1. The molecule has 0 aliphatic rings. The minimum Gasteiger partial charge on any atom is -0.508 e. The van der Waals surface area contributed by atoms with Crippen molar-refractivity contribution in [2.24, 2.45) is 0 Å². The van der Waals surface area contributed by atoms with Gasteiger partial charge in [0.2, 0.25) is 0 Å². The number of aromatic hydroxyl groups is 1. The lowest BCUT2D eigenvalue weighted by Crippen LogP contribution is -1.92. The SMILES string of the molecule is CCCCCC(C)c1ccc(O)cc1. The molecule has 0 spiro atoms. The van der Waals surface area contributed by atoms with Gasteiger partial charge in [0.15, 0.2) is 0 Å². The fraction of sp³-hybridized carbons (Fsp3) is 0.538. The third kappa shape index (κ3) is 3.41. The summed E-state index contributed by atoms with van der Waals surface area (Å²) in [4.78, 5) is 0. The van der Waals surface area contributed by atoms with Crippen molar-refractivity contribution in [3.63, 3.8) is 0 Å². The van der Waals surface area contributed by atoms with E-state index >= 15 is 0 Å². The highest BCUT2D eigenvalue weighted by Crippen LogP contribution is 2.23. The molecule has 0 amide bonds. The summed E-state index contributed by atoms with van der Waals surface area (Å²) in [5, 5.41) is 9.15. The largest absolute Gasteiger partial charge is 0.508 e. The van der Waals surface area contributed by atoms with Crippen LogP contribution in [0.1, 0.15) is 51.0 Å². The molecule has 78 valence electrons. The highest BCUT2D eigenvalue weighted by atomic mass is 16.3. The van der Waals surface area contributed by atoms with Crippen LogP contribution < -0.4 is 0 Å². The molecule has 1 rings (SSSR count). The molecule has 0 bridgehead atoms. The highest BCUT2D eigenvalue weighted by molar-refractivity contribution is 5.27. The van der Waals surface area contributed by atoms with Gasteiger partial charge in [0, 0.05) is 0 Å². The van der Waals surface area contributed by atoms with E-state index in [4.69, 9.17) is 5.11 Å². The Bertz CT molecular complexity index is 250. The lowest BCUT2D eigenvalue weighted by Gasteiger charge is -2.11. The summed E-state index contributed by atoms with van der Waals surface area (Å²) in [5.74, 6) is 0.969. The van der Waals surface area contributed by atoms with Crippen LogP contribution in [0.5, 0.6) is 5.75 Å². The molecular formula is C13H20O. The van der Waals surface area contributed by atoms with Gasteiger partial charge in [-0.1, -0.05) is 45.2 Å². The lowest BCUT2D eigenvalue weighted by molar-refractivity contribution is 0.474. The minimum atomic E-state index is 0.356. The van der Waals surface area contributed by atoms with Crippen molar-refractivity contribution < 1.29 is 5.11 Å². The van der Waals surface area contributed by atoms with Gasteiger partial charge in [-0.3, -0.25) is 0 Å². The summed E-state index contributed by atoms with van der Waals surface area (Å²) in [6.45, 7) is 4.48. The van der Waals surface area contributed by atoms with Crippen molar-refractivity contribution in [1.29, 1.82) is 0 Å². The molecule has 0 heterocycles. The molecule has 1 aromatic carbocycles. The van der Waals surface area contributed by atoms with Crippen LogP contribution in [-0.2, 0) is 0 Å². The third-order valence-electron chi connectivity index (χ3n) is 2.70. The van der Waals surface area contributed by atoms with Gasteiger partial charge in [-0.25, -0.2) is 0 Å². The van der Waals surface area contributed by atoms with E-state index in [1.165, 1.54) is 31.2 Å². The van der Waals surface area contributed by atoms with Gasteiger partial charge in [0.05, 0.1) is 0 Å². The van der Waals surface area contributed by atoms with E-state index in [-0.39, 0.29) is 0 Å².